The van der Waals surface area contributed by atoms with Crippen LogP contribution in [0.15, 0.2) is 12.1 Å². The highest BCUT2D eigenvalue weighted by Crippen LogP contribution is 2.33. The van der Waals surface area contributed by atoms with E-state index in [0.717, 1.165) is 0 Å². The third-order valence-corrected chi connectivity index (χ3v) is 2.40. The molecule has 0 radical (unpaired) electrons. The summed E-state index contributed by atoms with van der Waals surface area (Å²) in [6.07, 6.45) is 0. The summed E-state index contributed by atoms with van der Waals surface area (Å²) in [5.74, 6) is -1.01. The molecule has 7 nitrogen and oxygen atoms in total. The van der Waals surface area contributed by atoms with Crippen LogP contribution < -0.4 is 15.2 Å². The van der Waals surface area contributed by atoms with Crippen molar-refractivity contribution < 1.29 is 28.9 Å². The fourth-order valence-corrected chi connectivity index (χ4v) is 1.55. The standard InChI is InChI=1S/C13H17NO6/c1-3-19-12(17)7-20-8-4-9(15)13(10(16)6-14)11(5-8)18-2/h4-5,15H,3,6-7,14H2,1-2H3. The number of methoxy groups -OCH3 is 1. The predicted molar refractivity (Wildman–Crippen MR) is 70.2 cm³/mol. The van der Waals surface area contributed by atoms with E-state index in [1.165, 1.54) is 19.2 Å². The number of phenolic OH excluding ortho intramolecular Hbond substituents is 1. The summed E-state index contributed by atoms with van der Waals surface area (Å²) in [4.78, 5) is 22.8. The highest BCUT2D eigenvalue weighted by Gasteiger charge is 2.18. The maximum atomic E-state index is 11.6. The van der Waals surface area contributed by atoms with Crippen LogP contribution in [0.4, 0.5) is 0 Å². The Kier molecular flexibility index (Phi) is 5.79. The molecule has 0 unspecified atom stereocenters. The van der Waals surface area contributed by atoms with Gasteiger partial charge < -0.3 is 25.1 Å². The normalized spacial score (nSPS) is 9.95. The van der Waals surface area contributed by atoms with Gasteiger partial charge in [0.05, 0.1) is 20.3 Å². The monoisotopic (exact) mass is 283 g/mol. The number of rotatable bonds is 7. The lowest BCUT2D eigenvalue weighted by atomic mass is 10.1. The fourth-order valence-electron chi connectivity index (χ4n) is 1.55. The van der Waals surface area contributed by atoms with Crippen molar-refractivity contribution in [3.05, 3.63) is 17.7 Å². The van der Waals surface area contributed by atoms with Crippen molar-refractivity contribution in [1.82, 2.24) is 0 Å². The predicted octanol–water partition coefficient (Wildman–Crippen LogP) is 0.484. The van der Waals surface area contributed by atoms with Gasteiger partial charge >= 0.3 is 5.97 Å². The molecule has 0 aromatic heterocycles. The molecule has 20 heavy (non-hydrogen) atoms. The number of carbonyl (C=O) groups excluding carboxylic acids is 2. The summed E-state index contributed by atoms with van der Waals surface area (Å²) in [6.45, 7) is 1.37. The zero-order valence-electron chi connectivity index (χ0n) is 11.3. The average molecular weight is 283 g/mol. The van der Waals surface area contributed by atoms with Gasteiger partial charge in [0.25, 0.3) is 0 Å². The number of aromatic hydroxyl groups is 1. The van der Waals surface area contributed by atoms with Crippen LogP contribution in [0.5, 0.6) is 17.2 Å². The second kappa shape index (κ2) is 7.34. The third kappa shape index (κ3) is 3.86. The lowest BCUT2D eigenvalue weighted by Crippen LogP contribution is -2.16. The zero-order chi connectivity index (χ0) is 15.1. The van der Waals surface area contributed by atoms with Crippen molar-refractivity contribution in [2.45, 2.75) is 6.92 Å². The molecule has 0 spiro atoms. The van der Waals surface area contributed by atoms with Crippen molar-refractivity contribution in [3.8, 4) is 17.2 Å². The van der Waals surface area contributed by atoms with Gasteiger partial charge in [0.1, 0.15) is 22.8 Å². The number of nitrogens with two attached hydrogens (primary N) is 1. The van der Waals surface area contributed by atoms with Crippen molar-refractivity contribution in [2.24, 2.45) is 5.73 Å². The highest BCUT2D eigenvalue weighted by atomic mass is 16.6. The number of ether oxygens (including phenoxy) is 3. The second-order valence-electron chi connectivity index (χ2n) is 3.74. The topological polar surface area (TPSA) is 108 Å². The number of phenols is 1. The Hall–Kier alpha value is -2.28. The molecule has 0 bridgehead atoms. The van der Waals surface area contributed by atoms with E-state index in [1.54, 1.807) is 6.92 Å². The summed E-state index contributed by atoms with van der Waals surface area (Å²) in [5, 5.41) is 9.82. The van der Waals surface area contributed by atoms with Gasteiger partial charge in [-0.3, -0.25) is 4.79 Å². The van der Waals surface area contributed by atoms with Crippen LogP contribution in [-0.4, -0.2) is 43.7 Å². The Morgan fingerprint density at radius 1 is 1.35 bits per heavy atom. The molecule has 7 heteroatoms. The molecule has 0 amide bonds. The van der Waals surface area contributed by atoms with E-state index in [-0.39, 0.29) is 42.6 Å². The van der Waals surface area contributed by atoms with Gasteiger partial charge in [-0.1, -0.05) is 0 Å². The average Bonchev–Trinajstić information content (AvgIpc) is 2.44. The molecule has 3 N–H and O–H groups in total. The van der Waals surface area contributed by atoms with Crippen molar-refractivity contribution in [2.75, 3.05) is 26.9 Å². The van der Waals surface area contributed by atoms with Crippen LogP contribution in [0.3, 0.4) is 0 Å². The van der Waals surface area contributed by atoms with Crippen LogP contribution in [0.1, 0.15) is 17.3 Å². The number of carbonyl (C=O) groups is 2. The Labute approximate surface area is 116 Å². The molecule has 1 aromatic carbocycles. The lowest BCUT2D eigenvalue weighted by molar-refractivity contribution is -0.145. The Morgan fingerprint density at radius 3 is 2.60 bits per heavy atom. The first-order chi connectivity index (χ1) is 9.53. The summed E-state index contributed by atoms with van der Waals surface area (Å²) >= 11 is 0. The van der Waals surface area contributed by atoms with Crippen LogP contribution in [0.2, 0.25) is 0 Å². The van der Waals surface area contributed by atoms with Crippen LogP contribution in [-0.2, 0) is 9.53 Å². The molecule has 110 valence electrons. The summed E-state index contributed by atoms with van der Waals surface area (Å²) < 4.78 is 14.9. The molecule has 0 heterocycles. The Balaban J connectivity index is 2.93. The Morgan fingerprint density at radius 2 is 2.05 bits per heavy atom. The van der Waals surface area contributed by atoms with Gasteiger partial charge in [0.2, 0.25) is 0 Å². The molecule has 0 atom stereocenters. The molecule has 0 fully saturated rings. The van der Waals surface area contributed by atoms with Gasteiger partial charge in [-0.05, 0) is 6.92 Å². The van der Waals surface area contributed by atoms with Crippen molar-refractivity contribution in [1.29, 1.82) is 0 Å². The minimum atomic E-state index is -0.534. The number of benzene rings is 1. The number of ketones is 1. The summed E-state index contributed by atoms with van der Waals surface area (Å²) in [6, 6.07) is 2.60. The minimum Gasteiger partial charge on any atom is -0.507 e. The zero-order valence-corrected chi connectivity index (χ0v) is 11.3. The van der Waals surface area contributed by atoms with E-state index in [4.69, 9.17) is 19.9 Å². The van der Waals surface area contributed by atoms with E-state index < -0.39 is 11.8 Å². The molecule has 1 aromatic rings. The molecular formula is C13H17NO6. The fraction of sp³-hybridized carbons (Fsp3) is 0.385. The molecule has 0 aliphatic rings. The third-order valence-electron chi connectivity index (χ3n) is 2.40. The van der Waals surface area contributed by atoms with E-state index in [9.17, 15) is 14.7 Å². The molecule has 1 rings (SSSR count). The molecular weight excluding hydrogens is 266 g/mol. The van der Waals surface area contributed by atoms with E-state index in [0.29, 0.717) is 0 Å². The van der Waals surface area contributed by atoms with E-state index in [2.05, 4.69) is 0 Å². The molecule has 0 saturated carbocycles. The van der Waals surface area contributed by atoms with Gasteiger partial charge in [0.15, 0.2) is 12.4 Å². The smallest absolute Gasteiger partial charge is 0.344 e. The second-order valence-corrected chi connectivity index (χ2v) is 3.74. The van der Waals surface area contributed by atoms with Crippen molar-refractivity contribution >= 4 is 11.8 Å². The Bertz CT molecular complexity index is 500. The first kappa shape index (κ1) is 15.8. The van der Waals surface area contributed by atoms with Crippen LogP contribution in [0.25, 0.3) is 0 Å². The number of hydrogen-bond acceptors (Lipinski definition) is 7. The van der Waals surface area contributed by atoms with Crippen LogP contribution in [0, 0.1) is 0 Å². The number of Topliss-reactive ketones (excluding diaryl/α,β-unsaturated/α-hetero) is 1. The first-order valence-corrected chi connectivity index (χ1v) is 5.96. The van der Waals surface area contributed by atoms with Gasteiger partial charge in [0, 0.05) is 12.1 Å². The van der Waals surface area contributed by atoms with Gasteiger partial charge in [-0.15, -0.1) is 0 Å². The maximum absolute atomic E-state index is 11.6. The first-order valence-electron chi connectivity index (χ1n) is 5.96. The maximum Gasteiger partial charge on any atom is 0.344 e. The van der Waals surface area contributed by atoms with Crippen molar-refractivity contribution in [3.63, 3.8) is 0 Å². The molecule has 0 aliphatic heterocycles. The largest absolute Gasteiger partial charge is 0.507 e. The lowest BCUT2D eigenvalue weighted by Gasteiger charge is -2.12. The quantitative estimate of drug-likeness (QED) is 0.553. The van der Waals surface area contributed by atoms with E-state index in [1.807, 2.05) is 0 Å². The van der Waals surface area contributed by atoms with Crippen LogP contribution >= 0.6 is 0 Å². The summed E-state index contributed by atoms with van der Waals surface area (Å²) in [5.41, 5.74) is 5.24. The SMILES string of the molecule is CCOC(=O)COc1cc(O)c(C(=O)CN)c(OC)c1. The number of hydrogen-bond donors (Lipinski definition) is 2. The van der Waals surface area contributed by atoms with Gasteiger partial charge in [-0.2, -0.15) is 0 Å². The number of esters is 1. The minimum absolute atomic E-state index is 0.0153. The van der Waals surface area contributed by atoms with E-state index >= 15 is 0 Å². The van der Waals surface area contributed by atoms with Gasteiger partial charge in [-0.25, -0.2) is 4.79 Å². The summed E-state index contributed by atoms with van der Waals surface area (Å²) in [7, 11) is 1.34. The molecule has 0 saturated heterocycles. The highest BCUT2D eigenvalue weighted by molar-refractivity contribution is 6.02. The molecule has 0 aliphatic carbocycles.